The molecule has 8 heteroatoms. The number of hydrogen-bond donors (Lipinski definition) is 1. The first kappa shape index (κ1) is 21.4. The van der Waals surface area contributed by atoms with Crippen molar-refractivity contribution in [2.24, 2.45) is 0 Å². The molecule has 2 rings (SSSR count). The molecule has 1 aromatic heterocycles. The molecular weight excluding hydrogens is 373 g/mol. The predicted molar refractivity (Wildman–Crippen MR) is 98.4 cm³/mol. The maximum atomic E-state index is 12.7. The van der Waals surface area contributed by atoms with Gasteiger partial charge in [-0.05, 0) is 49.2 Å². The summed E-state index contributed by atoms with van der Waals surface area (Å²) in [6.07, 6.45) is -2.04. The number of nitrogens with one attached hydrogen (secondary N) is 1. The number of nitrogens with zero attached hydrogens (tertiary/aromatic N) is 1. The van der Waals surface area contributed by atoms with Gasteiger partial charge in [-0.1, -0.05) is 6.92 Å². The lowest BCUT2D eigenvalue weighted by molar-refractivity contribution is -0.137. The molecule has 0 saturated carbocycles. The fourth-order valence-electron chi connectivity index (χ4n) is 2.45. The van der Waals surface area contributed by atoms with E-state index in [0.717, 1.165) is 12.1 Å². The van der Waals surface area contributed by atoms with Crippen molar-refractivity contribution in [2.75, 3.05) is 11.9 Å². The van der Waals surface area contributed by atoms with Gasteiger partial charge in [-0.15, -0.1) is 0 Å². The molecule has 150 valence electrons. The fraction of sp³-hybridized carbons (Fsp3) is 0.350. The molecule has 0 saturated heterocycles. The number of benzene rings is 1. The summed E-state index contributed by atoms with van der Waals surface area (Å²) < 4.78 is 43.5. The third-order valence-electron chi connectivity index (χ3n) is 3.98. The van der Waals surface area contributed by atoms with Gasteiger partial charge in [0.1, 0.15) is 11.6 Å². The van der Waals surface area contributed by atoms with Crippen LogP contribution in [0, 0.1) is 6.92 Å². The molecule has 0 aliphatic carbocycles. The number of rotatable bonds is 8. The lowest BCUT2D eigenvalue weighted by atomic mass is 10.1. The third-order valence-corrected chi connectivity index (χ3v) is 3.98. The maximum Gasteiger partial charge on any atom is 0.416 e. The second-order valence-corrected chi connectivity index (χ2v) is 6.18. The second kappa shape index (κ2) is 9.34. The van der Waals surface area contributed by atoms with Crippen molar-refractivity contribution in [3.05, 3.63) is 53.2 Å². The largest absolute Gasteiger partial charge is 0.493 e. The van der Waals surface area contributed by atoms with E-state index in [1.807, 2.05) is 0 Å². The fourth-order valence-corrected chi connectivity index (χ4v) is 2.45. The Morgan fingerprint density at radius 2 is 1.93 bits per heavy atom. The predicted octanol–water partition coefficient (Wildman–Crippen LogP) is 4.80. The van der Waals surface area contributed by atoms with Gasteiger partial charge in [0.05, 0.1) is 12.2 Å². The van der Waals surface area contributed by atoms with E-state index in [1.54, 1.807) is 19.9 Å². The molecule has 0 spiro atoms. The first-order chi connectivity index (χ1) is 13.2. The lowest BCUT2D eigenvalue weighted by Gasteiger charge is -2.12. The van der Waals surface area contributed by atoms with Crippen LogP contribution in [0.1, 0.15) is 47.7 Å². The van der Waals surface area contributed by atoms with Crippen molar-refractivity contribution in [2.45, 2.75) is 39.3 Å². The molecule has 0 atom stereocenters. The van der Waals surface area contributed by atoms with Crippen molar-refractivity contribution in [3.8, 4) is 5.75 Å². The smallest absolute Gasteiger partial charge is 0.416 e. The summed E-state index contributed by atoms with van der Waals surface area (Å²) in [4.78, 5) is 27.7. The number of carbonyl (C=O) groups excluding carboxylic acids is 2. The zero-order valence-electron chi connectivity index (χ0n) is 15.6. The Bertz CT molecular complexity index is 851. The Labute approximate surface area is 160 Å². The van der Waals surface area contributed by atoms with Crippen LogP contribution in [0.2, 0.25) is 0 Å². The van der Waals surface area contributed by atoms with Gasteiger partial charge >= 0.3 is 6.18 Å². The Morgan fingerprint density at radius 3 is 2.57 bits per heavy atom. The maximum absolute atomic E-state index is 12.7. The van der Waals surface area contributed by atoms with E-state index < -0.39 is 11.7 Å². The molecule has 0 fully saturated rings. The summed E-state index contributed by atoms with van der Waals surface area (Å²) in [7, 11) is 0. The number of ketones is 1. The molecule has 0 unspecified atom stereocenters. The molecule has 2 aromatic rings. The number of pyridine rings is 1. The average molecular weight is 394 g/mol. The zero-order valence-corrected chi connectivity index (χ0v) is 15.6. The minimum absolute atomic E-state index is 0.137. The molecule has 0 bridgehead atoms. The van der Waals surface area contributed by atoms with Crippen LogP contribution in [0.5, 0.6) is 5.75 Å². The van der Waals surface area contributed by atoms with Crippen LogP contribution in [0.15, 0.2) is 36.5 Å². The van der Waals surface area contributed by atoms with Crippen molar-refractivity contribution in [1.82, 2.24) is 4.98 Å². The third kappa shape index (κ3) is 6.07. The van der Waals surface area contributed by atoms with Crippen LogP contribution in [0.25, 0.3) is 0 Å². The minimum Gasteiger partial charge on any atom is -0.493 e. The number of Topliss-reactive ketones (excluding diaryl/α,β-unsaturated/α-hetero) is 1. The Balaban J connectivity index is 1.86. The number of halogens is 3. The standard InChI is InChI=1S/C20H21F3N2O3/c1-3-19(27)25-18-12-14(8-9-24-18)16(26)5-4-10-28-17-7-6-15(11-13(17)2)20(21,22)23/h6-9,11-12H,3-5,10H2,1-2H3,(H,24,25,27). The summed E-state index contributed by atoms with van der Waals surface area (Å²) in [6.45, 7) is 3.45. The minimum atomic E-state index is -4.39. The summed E-state index contributed by atoms with van der Waals surface area (Å²) in [5, 5.41) is 2.59. The van der Waals surface area contributed by atoms with E-state index in [-0.39, 0.29) is 24.7 Å². The molecule has 0 aliphatic rings. The summed E-state index contributed by atoms with van der Waals surface area (Å²) >= 11 is 0. The second-order valence-electron chi connectivity index (χ2n) is 6.18. The number of ether oxygens (including phenoxy) is 1. The first-order valence-corrected chi connectivity index (χ1v) is 8.80. The number of anilines is 1. The van der Waals surface area contributed by atoms with Crippen LogP contribution in [-0.2, 0) is 11.0 Å². The first-order valence-electron chi connectivity index (χ1n) is 8.80. The van der Waals surface area contributed by atoms with Gasteiger partial charge in [-0.25, -0.2) is 4.98 Å². The SMILES string of the molecule is CCC(=O)Nc1cc(C(=O)CCCOc2ccc(C(F)(F)F)cc2C)ccn1. The molecule has 1 amide bonds. The summed E-state index contributed by atoms with van der Waals surface area (Å²) in [5.74, 6) is 0.336. The highest BCUT2D eigenvalue weighted by Crippen LogP contribution is 2.32. The monoisotopic (exact) mass is 394 g/mol. The number of aryl methyl sites for hydroxylation is 1. The van der Waals surface area contributed by atoms with Gasteiger partial charge in [0.15, 0.2) is 5.78 Å². The van der Waals surface area contributed by atoms with Gasteiger partial charge < -0.3 is 10.1 Å². The highest BCUT2D eigenvalue weighted by Gasteiger charge is 2.30. The highest BCUT2D eigenvalue weighted by atomic mass is 19.4. The number of hydrogen-bond acceptors (Lipinski definition) is 4. The quantitative estimate of drug-likeness (QED) is 0.516. The lowest BCUT2D eigenvalue weighted by Crippen LogP contribution is -2.12. The van der Waals surface area contributed by atoms with Gasteiger partial charge in [-0.3, -0.25) is 9.59 Å². The summed E-state index contributed by atoms with van der Waals surface area (Å²) in [6, 6.07) is 6.35. The summed E-state index contributed by atoms with van der Waals surface area (Å²) in [5.41, 5.74) is 0.0786. The molecule has 0 radical (unpaired) electrons. The van der Waals surface area contributed by atoms with E-state index in [4.69, 9.17) is 4.74 Å². The van der Waals surface area contributed by atoms with Crippen molar-refractivity contribution in [3.63, 3.8) is 0 Å². The number of alkyl halides is 3. The van der Waals surface area contributed by atoms with E-state index >= 15 is 0 Å². The van der Waals surface area contributed by atoms with Gasteiger partial charge in [0, 0.05) is 24.6 Å². The topological polar surface area (TPSA) is 68.3 Å². The van der Waals surface area contributed by atoms with Crippen LogP contribution in [0.4, 0.5) is 19.0 Å². The van der Waals surface area contributed by atoms with E-state index in [2.05, 4.69) is 10.3 Å². The molecule has 1 N–H and O–H groups in total. The Kier molecular flexibility index (Phi) is 7.14. The molecule has 1 aromatic carbocycles. The average Bonchev–Trinajstić information content (AvgIpc) is 2.65. The van der Waals surface area contributed by atoms with Crippen molar-refractivity contribution < 1.29 is 27.5 Å². The van der Waals surface area contributed by atoms with E-state index in [9.17, 15) is 22.8 Å². The molecule has 5 nitrogen and oxygen atoms in total. The van der Waals surface area contributed by atoms with Gasteiger partial charge in [0.2, 0.25) is 5.91 Å². The Hall–Kier alpha value is -2.90. The molecule has 28 heavy (non-hydrogen) atoms. The molecule has 1 heterocycles. The number of amides is 1. The molecular formula is C20H21F3N2O3. The normalized spacial score (nSPS) is 11.2. The number of aromatic nitrogens is 1. The van der Waals surface area contributed by atoms with E-state index in [1.165, 1.54) is 18.3 Å². The van der Waals surface area contributed by atoms with Crippen LogP contribution in [0.3, 0.4) is 0 Å². The molecule has 0 aliphatic heterocycles. The Morgan fingerprint density at radius 1 is 1.18 bits per heavy atom. The number of carbonyl (C=O) groups is 2. The van der Waals surface area contributed by atoms with Crippen molar-refractivity contribution in [1.29, 1.82) is 0 Å². The van der Waals surface area contributed by atoms with Crippen LogP contribution < -0.4 is 10.1 Å². The van der Waals surface area contributed by atoms with Gasteiger partial charge in [0.25, 0.3) is 0 Å². The van der Waals surface area contributed by atoms with Gasteiger partial charge in [-0.2, -0.15) is 13.2 Å². The zero-order chi connectivity index (χ0) is 20.7. The van der Waals surface area contributed by atoms with Crippen molar-refractivity contribution >= 4 is 17.5 Å². The van der Waals surface area contributed by atoms with E-state index in [0.29, 0.717) is 35.5 Å². The highest BCUT2D eigenvalue weighted by molar-refractivity contribution is 5.97. The van der Waals surface area contributed by atoms with Crippen LogP contribution in [-0.4, -0.2) is 23.3 Å². The van der Waals surface area contributed by atoms with Crippen LogP contribution >= 0.6 is 0 Å².